The summed E-state index contributed by atoms with van der Waals surface area (Å²) in [6, 6.07) is 4.18. The number of nitrogens with zero attached hydrogens (tertiary/aromatic N) is 1. The standard InChI is InChI=1S/C14H19ClN2O4/c1-4-11(14(19)20)17(2)8-13(18)16-10-7-9(15)5-6-12(10)21-3/h5-7,11H,4,8H2,1-3H3,(H,16,18)(H,19,20). The van der Waals surface area contributed by atoms with E-state index in [1.807, 2.05) is 0 Å². The van der Waals surface area contributed by atoms with Gasteiger partial charge in [0.15, 0.2) is 0 Å². The van der Waals surface area contributed by atoms with Crippen LogP contribution in [0.4, 0.5) is 5.69 Å². The zero-order chi connectivity index (χ0) is 16.0. The van der Waals surface area contributed by atoms with Crippen LogP contribution in [0.5, 0.6) is 5.75 Å². The topological polar surface area (TPSA) is 78.9 Å². The molecule has 0 aliphatic rings. The molecule has 0 heterocycles. The number of hydrogen-bond acceptors (Lipinski definition) is 4. The fourth-order valence-corrected chi connectivity index (χ4v) is 2.15. The molecular weight excluding hydrogens is 296 g/mol. The zero-order valence-corrected chi connectivity index (χ0v) is 13.0. The summed E-state index contributed by atoms with van der Waals surface area (Å²) in [7, 11) is 3.08. The van der Waals surface area contributed by atoms with Crippen LogP contribution < -0.4 is 10.1 Å². The first kappa shape index (κ1) is 17.3. The number of ether oxygens (including phenoxy) is 1. The Hall–Kier alpha value is -1.79. The Morgan fingerprint density at radius 1 is 1.48 bits per heavy atom. The summed E-state index contributed by atoms with van der Waals surface area (Å²) in [5.41, 5.74) is 0.451. The minimum Gasteiger partial charge on any atom is -0.495 e. The van der Waals surface area contributed by atoms with Gasteiger partial charge in [0.1, 0.15) is 11.8 Å². The van der Waals surface area contributed by atoms with E-state index in [2.05, 4.69) is 5.32 Å². The lowest BCUT2D eigenvalue weighted by atomic mass is 10.2. The molecule has 21 heavy (non-hydrogen) atoms. The third-order valence-corrected chi connectivity index (χ3v) is 3.27. The van der Waals surface area contributed by atoms with Crippen molar-refractivity contribution in [2.75, 3.05) is 26.0 Å². The monoisotopic (exact) mass is 314 g/mol. The van der Waals surface area contributed by atoms with Gasteiger partial charge in [0.2, 0.25) is 5.91 Å². The van der Waals surface area contributed by atoms with Crippen LogP contribution in [0.2, 0.25) is 5.02 Å². The normalized spacial score (nSPS) is 12.0. The lowest BCUT2D eigenvalue weighted by Crippen LogP contribution is -2.42. The average Bonchev–Trinajstić information content (AvgIpc) is 2.38. The van der Waals surface area contributed by atoms with E-state index in [-0.39, 0.29) is 12.5 Å². The minimum absolute atomic E-state index is 0.0412. The molecule has 0 aromatic heterocycles. The number of likely N-dealkylation sites (N-methyl/N-ethyl adjacent to an activating group) is 1. The Balaban J connectivity index is 2.74. The van der Waals surface area contributed by atoms with Crippen molar-refractivity contribution < 1.29 is 19.4 Å². The van der Waals surface area contributed by atoms with Gasteiger partial charge < -0.3 is 15.2 Å². The number of methoxy groups -OCH3 is 1. The fourth-order valence-electron chi connectivity index (χ4n) is 1.98. The van der Waals surface area contributed by atoms with Crippen LogP contribution >= 0.6 is 11.6 Å². The molecule has 0 radical (unpaired) electrons. The maximum Gasteiger partial charge on any atom is 0.320 e. The number of benzene rings is 1. The second kappa shape index (κ2) is 7.85. The zero-order valence-electron chi connectivity index (χ0n) is 12.2. The van der Waals surface area contributed by atoms with E-state index < -0.39 is 12.0 Å². The first-order chi connectivity index (χ1) is 9.88. The highest BCUT2D eigenvalue weighted by Gasteiger charge is 2.22. The number of anilines is 1. The minimum atomic E-state index is -0.951. The Morgan fingerprint density at radius 3 is 2.67 bits per heavy atom. The lowest BCUT2D eigenvalue weighted by Gasteiger charge is -2.22. The SMILES string of the molecule is CCC(C(=O)O)N(C)CC(=O)Nc1cc(Cl)ccc1OC. The molecule has 0 aliphatic carbocycles. The molecule has 2 N–H and O–H groups in total. The van der Waals surface area contributed by atoms with Gasteiger partial charge in [0, 0.05) is 5.02 Å². The van der Waals surface area contributed by atoms with Gasteiger partial charge in [-0.1, -0.05) is 18.5 Å². The molecule has 0 fully saturated rings. The number of amides is 1. The summed E-state index contributed by atoms with van der Waals surface area (Å²) >= 11 is 5.88. The molecule has 0 aliphatic heterocycles. The Labute approximate surface area is 128 Å². The molecular formula is C14H19ClN2O4. The van der Waals surface area contributed by atoms with Gasteiger partial charge in [-0.05, 0) is 31.7 Å². The third kappa shape index (κ3) is 4.91. The lowest BCUT2D eigenvalue weighted by molar-refractivity contribution is -0.143. The summed E-state index contributed by atoms with van der Waals surface area (Å²) in [6.45, 7) is 1.72. The van der Waals surface area contributed by atoms with Crippen molar-refractivity contribution in [3.05, 3.63) is 23.2 Å². The second-order valence-electron chi connectivity index (χ2n) is 4.57. The maximum absolute atomic E-state index is 12.0. The molecule has 1 rings (SSSR count). The van der Waals surface area contributed by atoms with Gasteiger partial charge in [-0.15, -0.1) is 0 Å². The van der Waals surface area contributed by atoms with Crippen molar-refractivity contribution in [3.63, 3.8) is 0 Å². The molecule has 116 valence electrons. The summed E-state index contributed by atoms with van der Waals surface area (Å²) in [6.07, 6.45) is 0.416. The molecule has 0 bridgehead atoms. The van der Waals surface area contributed by atoms with Crippen molar-refractivity contribution in [2.45, 2.75) is 19.4 Å². The van der Waals surface area contributed by atoms with Gasteiger partial charge in [0.25, 0.3) is 0 Å². The molecule has 1 aromatic rings. The van der Waals surface area contributed by atoms with E-state index in [1.165, 1.54) is 12.0 Å². The molecule has 6 nitrogen and oxygen atoms in total. The number of nitrogens with one attached hydrogen (secondary N) is 1. The van der Waals surface area contributed by atoms with E-state index in [1.54, 1.807) is 32.2 Å². The molecule has 1 aromatic carbocycles. The Morgan fingerprint density at radius 2 is 2.14 bits per heavy atom. The van der Waals surface area contributed by atoms with Crippen LogP contribution in [0.15, 0.2) is 18.2 Å². The number of carbonyl (C=O) groups is 2. The van der Waals surface area contributed by atoms with E-state index in [4.69, 9.17) is 21.4 Å². The average molecular weight is 315 g/mol. The third-order valence-electron chi connectivity index (χ3n) is 3.03. The number of halogens is 1. The molecule has 7 heteroatoms. The highest BCUT2D eigenvalue weighted by atomic mass is 35.5. The molecule has 1 unspecified atom stereocenters. The van der Waals surface area contributed by atoms with Crippen LogP contribution in [-0.2, 0) is 9.59 Å². The quantitative estimate of drug-likeness (QED) is 0.805. The summed E-state index contributed by atoms with van der Waals surface area (Å²) in [5, 5.41) is 12.2. The first-order valence-corrected chi connectivity index (χ1v) is 6.83. The Bertz CT molecular complexity index is 522. The van der Waals surface area contributed by atoms with Crippen LogP contribution in [0.3, 0.4) is 0 Å². The van der Waals surface area contributed by atoms with Crippen molar-refractivity contribution in [2.24, 2.45) is 0 Å². The van der Waals surface area contributed by atoms with Crippen molar-refractivity contribution in [3.8, 4) is 5.75 Å². The van der Waals surface area contributed by atoms with E-state index >= 15 is 0 Å². The Kier molecular flexibility index (Phi) is 6.45. The van der Waals surface area contributed by atoms with Crippen molar-refractivity contribution >= 4 is 29.2 Å². The molecule has 0 spiro atoms. The maximum atomic E-state index is 12.0. The first-order valence-electron chi connectivity index (χ1n) is 6.45. The van der Waals surface area contributed by atoms with Gasteiger partial charge in [0.05, 0.1) is 19.3 Å². The number of carbonyl (C=O) groups excluding carboxylic acids is 1. The summed E-state index contributed by atoms with van der Waals surface area (Å²) < 4.78 is 5.13. The van der Waals surface area contributed by atoms with Crippen LogP contribution in [0.25, 0.3) is 0 Å². The van der Waals surface area contributed by atoms with Crippen molar-refractivity contribution in [1.82, 2.24) is 4.90 Å². The molecule has 1 amide bonds. The second-order valence-corrected chi connectivity index (χ2v) is 5.01. The van der Waals surface area contributed by atoms with Gasteiger partial charge >= 0.3 is 5.97 Å². The number of hydrogen-bond donors (Lipinski definition) is 2. The van der Waals surface area contributed by atoms with Gasteiger partial charge in [-0.25, -0.2) is 0 Å². The molecule has 0 saturated carbocycles. The van der Waals surface area contributed by atoms with Crippen molar-refractivity contribution in [1.29, 1.82) is 0 Å². The highest BCUT2D eigenvalue weighted by molar-refractivity contribution is 6.31. The largest absolute Gasteiger partial charge is 0.495 e. The van der Waals surface area contributed by atoms with Crippen LogP contribution in [0, 0.1) is 0 Å². The number of aliphatic carboxylic acids is 1. The number of carboxylic acid groups (broad SMARTS) is 1. The predicted molar refractivity (Wildman–Crippen MR) is 81.0 cm³/mol. The van der Waals surface area contributed by atoms with E-state index in [0.29, 0.717) is 22.9 Å². The number of rotatable bonds is 7. The highest BCUT2D eigenvalue weighted by Crippen LogP contribution is 2.27. The van der Waals surface area contributed by atoms with Crippen LogP contribution in [-0.4, -0.2) is 48.6 Å². The summed E-state index contributed by atoms with van der Waals surface area (Å²) in [5.74, 6) is -0.799. The van der Waals surface area contributed by atoms with Gasteiger partial charge in [-0.2, -0.15) is 0 Å². The van der Waals surface area contributed by atoms with Crippen LogP contribution in [0.1, 0.15) is 13.3 Å². The summed E-state index contributed by atoms with van der Waals surface area (Å²) in [4.78, 5) is 24.5. The van der Waals surface area contributed by atoms with E-state index in [0.717, 1.165) is 0 Å². The fraction of sp³-hybridized carbons (Fsp3) is 0.429. The predicted octanol–water partition coefficient (Wildman–Crippen LogP) is 2.08. The molecule has 0 saturated heterocycles. The molecule has 1 atom stereocenters. The van der Waals surface area contributed by atoms with E-state index in [9.17, 15) is 9.59 Å². The van der Waals surface area contributed by atoms with Gasteiger partial charge in [-0.3, -0.25) is 14.5 Å². The smallest absolute Gasteiger partial charge is 0.320 e. The number of carboxylic acids is 1.